The van der Waals surface area contributed by atoms with E-state index in [4.69, 9.17) is 0 Å². The smallest absolute Gasteiger partial charge is 0.253 e. The van der Waals surface area contributed by atoms with Gasteiger partial charge in [0.1, 0.15) is 0 Å². The Morgan fingerprint density at radius 3 is 2.90 bits per heavy atom. The fourth-order valence-corrected chi connectivity index (χ4v) is 2.80. The minimum atomic E-state index is 0.0979. The van der Waals surface area contributed by atoms with Crippen molar-refractivity contribution < 1.29 is 4.79 Å². The van der Waals surface area contributed by atoms with E-state index in [0.717, 1.165) is 29.6 Å². The second-order valence-corrected chi connectivity index (χ2v) is 5.56. The number of carbonyl (C=O) groups excluding carboxylic acids is 1. The Bertz CT molecular complexity index is 599. The van der Waals surface area contributed by atoms with Crippen molar-refractivity contribution >= 4 is 16.8 Å². The van der Waals surface area contributed by atoms with Crippen molar-refractivity contribution in [3.63, 3.8) is 0 Å². The van der Waals surface area contributed by atoms with E-state index in [1.807, 2.05) is 42.4 Å². The summed E-state index contributed by atoms with van der Waals surface area (Å²) in [6.45, 7) is 4.13. The Balaban J connectivity index is 1.64. The molecule has 2 heterocycles. The molecule has 1 aromatic carbocycles. The van der Waals surface area contributed by atoms with E-state index in [9.17, 15) is 4.79 Å². The van der Waals surface area contributed by atoms with Crippen LogP contribution in [0.15, 0.2) is 30.5 Å². The SMILES string of the molecule is CN(CCN1CCCC1)C(=O)c1ccc2cc[nH]c2c1. The third-order valence-electron chi connectivity index (χ3n) is 4.10. The molecule has 1 amide bonds. The van der Waals surface area contributed by atoms with Gasteiger partial charge in [-0.2, -0.15) is 0 Å². The van der Waals surface area contributed by atoms with Crippen LogP contribution >= 0.6 is 0 Å². The maximum atomic E-state index is 12.4. The minimum Gasteiger partial charge on any atom is -0.361 e. The summed E-state index contributed by atoms with van der Waals surface area (Å²) in [6.07, 6.45) is 4.48. The summed E-state index contributed by atoms with van der Waals surface area (Å²) in [5.41, 5.74) is 1.77. The van der Waals surface area contributed by atoms with E-state index in [2.05, 4.69) is 9.88 Å². The molecule has 0 saturated carbocycles. The van der Waals surface area contributed by atoms with Crippen LogP contribution in [0.3, 0.4) is 0 Å². The summed E-state index contributed by atoms with van der Waals surface area (Å²) in [5, 5.41) is 1.14. The van der Waals surface area contributed by atoms with Crippen LogP contribution in [0.1, 0.15) is 23.2 Å². The molecule has 1 aromatic heterocycles. The molecule has 0 aliphatic carbocycles. The number of fused-ring (bicyclic) bond motifs is 1. The lowest BCUT2D eigenvalue weighted by Gasteiger charge is -2.21. The van der Waals surface area contributed by atoms with Gasteiger partial charge >= 0.3 is 0 Å². The molecule has 1 saturated heterocycles. The number of carbonyl (C=O) groups is 1. The topological polar surface area (TPSA) is 39.3 Å². The highest BCUT2D eigenvalue weighted by molar-refractivity contribution is 5.97. The van der Waals surface area contributed by atoms with Crippen LogP contribution in [0.4, 0.5) is 0 Å². The monoisotopic (exact) mass is 271 g/mol. The summed E-state index contributed by atoms with van der Waals surface area (Å²) in [7, 11) is 1.89. The van der Waals surface area contributed by atoms with Crippen molar-refractivity contribution in [2.75, 3.05) is 33.2 Å². The highest BCUT2D eigenvalue weighted by atomic mass is 16.2. The molecule has 106 valence electrons. The van der Waals surface area contributed by atoms with E-state index in [1.54, 1.807) is 0 Å². The number of likely N-dealkylation sites (N-methyl/N-ethyl adjacent to an activating group) is 1. The number of rotatable bonds is 4. The molecule has 0 unspecified atom stereocenters. The van der Waals surface area contributed by atoms with Crippen molar-refractivity contribution in [1.29, 1.82) is 0 Å². The molecule has 1 fully saturated rings. The summed E-state index contributed by atoms with van der Waals surface area (Å²) < 4.78 is 0. The number of hydrogen-bond donors (Lipinski definition) is 1. The zero-order valence-electron chi connectivity index (χ0n) is 11.9. The fourth-order valence-electron chi connectivity index (χ4n) is 2.80. The molecule has 1 aliphatic heterocycles. The van der Waals surface area contributed by atoms with Gasteiger partial charge in [-0.1, -0.05) is 6.07 Å². The van der Waals surface area contributed by atoms with Crippen LogP contribution in [0.5, 0.6) is 0 Å². The van der Waals surface area contributed by atoms with Gasteiger partial charge in [0.25, 0.3) is 5.91 Å². The van der Waals surface area contributed by atoms with Crippen LogP contribution in [0.2, 0.25) is 0 Å². The van der Waals surface area contributed by atoms with Crippen molar-refractivity contribution in [3.8, 4) is 0 Å². The number of nitrogens with zero attached hydrogens (tertiary/aromatic N) is 2. The number of hydrogen-bond acceptors (Lipinski definition) is 2. The summed E-state index contributed by atoms with van der Waals surface area (Å²) in [5.74, 6) is 0.0979. The molecule has 1 aliphatic rings. The number of aromatic amines is 1. The van der Waals surface area contributed by atoms with Gasteiger partial charge in [-0.05, 0) is 49.5 Å². The first-order valence-electron chi connectivity index (χ1n) is 7.29. The molecule has 20 heavy (non-hydrogen) atoms. The number of likely N-dealkylation sites (tertiary alicyclic amines) is 1. The number of nitrogens with one attached hydrogen (secondary N) is 1. The van der Waals surface area contributed by atoms with Crippen molar-refractivity contribution in [3.05, 3.63) is 36.0 Å². The lowest BCUT2D eigenvalue weighted by Crippen LogP contribution is -2.35. The van der Waals surface area contributed by atoms with Crippen molar-refractivity contribution in [2.24, 2.45) is 0 Å². The number of aromatic nitrogens is 1. The van der Waals surface area contributed by atoms with Crippen molar-refractivity contribution in [1.82, 2.24) is 14.8 Å². The van der Waals surface area contributed by atoms with Crippen LogP contribution in [-0.2, 0) is 0 Å². The Morgan fingerprint density at radius 1 is 1.30 bits per heavy atom. The molecule has 4 heteroatoms. The summed E-state index contributed by atoms with van der Waals surface area (Å²) in [6, 6.07) is 7.85. The molecule has 2 aromatic rings. The van der Waals surface area contributed by atoms with Crippen molar-refractivity contribution in [2.45, 2.75) is 12.8 Å². The van der Waals surface area contributed by atoms with E-state index in [-0.39, 0.29) is 5.91 Å². The lowest BCUT2D eigenvalue weighted by molar-refractivity contribution is 0.0782. The molecule has 0 radical (unpaired) electrons. The van der Waals surface area contributed by atoms with Crippen LogP contribution in [0.25, 0.3) is 10.9 Å². The molecule has 0 atom stereocenters. The Morgan fingerprint density at radius 2 is 2.10 bits per heavy atom. The first-order chi connectivity index (χ1) is 9.74. The zero-order chi connectivity index (χ0) is 13.9. The number of benzene rings is 1. The van der Waals surface area contributed by atoms with Gasteiger partial charge in [-0.3, -0.25) is 4.79 Å². The third-order valence-corrected chi connectivity index (χ3v) is 4.10. The van der Waals surface area contributed by atoms with Gasteiger partial charge in [-0.25, -0.2) is 0 Å². The second-order valence-electron chi connectivity index (χ2n) is 5.56. The molecule has 3 rings (SSSR count). The maximum absolute atomic E-state index is 12.4. The molecule has 4 nitrogen and oxygen atoms in total. The van der Waals surface area contributed by atoms with Gasteiger partial charge in [0, 0.05) is 37.4 Å². The minimum absolute atomic E-state index is 0.0979. The molecule has 0 spiro atoms. The standard InChI is InChI=1S/C16H21N3O/c1-18(10-11-19-8-2-3-9-19)16(20)14-5-4-13-6-7-17-15(13)12-14/h4-7,12,17H,2-3,8-11H2,1H3. The lowest BCUT2D eigenvalue weighted by atomic mass is 10.1. The van der Waals surface area contributed by atoms with Crippen LogP contribution in [0, 0.1) is 0 Å². The predicted octanol–water partition coefficient (Wildman–Crippen LogP) is 2.34. The van der Waals surface area contributed by atoms with Crippen LogP contribution in [-0.4, -0.2) is 53.9 Å². The Labute approximate surface area is 119 Å². The highest BCUT2D eigenvalue weighted by Gasteiger charge is 2.15. The third kappa shape index (κ3) is 2.70. The van der Waals surface area contributed by atoms with Gasteiger partial charge in [0.2, 0.25) is 0 Å². The zero-order valence-corrected chi connectivity index (χ0v) is 11.9. The van der Waals surface area contributed by atoms with Crippen LogP contribution < -0.4 is 0 Å². The van der Waals surface area contributed by atoms with E-state index in [0.29, 0.717) is 0 Å². The van der Waals surface area contributed by atoms with Gasteiger partial charge in [0.15, 0.2) is 0 Å². The predicted molar refractivity (Wildman–Crippen MR) is 80.9 cm³/mol. The first kappa shape index (κ1) is 13.2. The molecular weight excluding hydrogens is 250 g/mol. The van der Waals surface area contributed by atoms with E-state index in [1.165, 1.54) is 25.9 Å². The van der Waals surface area contributed by atoms with E-state index >= 15 is 0 Å². The quantitative estimate of drug-likeness (QED) is 0.927. The number of H-pyrrole nitrogens is 1. The normalized spacial score (nSPS) is 15.8. The first-order valence-corrected chi connectivity index (χ1v) is 7.29. The van der Waals surface area contributed by atoms with Gasteiger partial charge < -0.3 is 14.8 Å². The second kappa shape index (κ2) is 5.67. The highest BCUT2D eigenvalue weighted by Crippen LogP contribution is 2.15. The fraction of sp³-hybridized carbons (Fsp3) is 0.438. The van der Waals surface area contributed by atoms with Gasteiger partial charge in [-0.15, -0.1) is 0 Å². The average Bonchev–Trinajstić information content (AvgIpc) is 3.13. The largest absolute Gasteiger partial charge is 0.361 e. The average molecular weight is 271 g/mol. The Hall–Kier alpha value is -1.81. The molecule has 1 N–H and O–H groups in total. The van der Waals surface area contributed by atoms with E-state index < -0.39 is 0 Å². The molecule has 0 bridgehead atoms. The summed E-state index contributed by atoms with van der Waals surface area (Å²) >= 11 is 0. The van der Waals surface area contributed by atoms with Gasteiger partial charge in [0.05, 0.1) is 0 Å². The number of amides is 1. The summed E-state index contributed by atoms with van der Waals surface area (Å²) in [4.78, 5) is 19.8. The maximum Gasteiger partial charge on any atom is 0.253 e. The molecular formula is C16H21N3O. The Kier molecular flexibility index (Phi) is 3.74.